The summed E-state index contributed by atoms with van der Waals surface area (Å²) in [6.45, 7) is 1.60. The minimum absolute atomic E-state index is 0.0203. The molecule has 0 saturated heterocycles. The lowest BCUT2D eigenvalue weighted by atomic mass is 10.1. The van der Waals surface area contributed by atoms with Crippen LogP contribution in [0.5, 0.6) is 5.75 Å². The molecule has 0 unspecified atom stereocenters. The average molecular weight is 403 g/mol. The Balaban J connectivity index is 1.60. The first kappa shape index (κ1) is 18.0. The number of phenols is 1. The zero-order chi connectivity index (χ0) is 19.0. The van der Waals surface area contributed by atoms with E-state index in [0.29, 0.717) is 48.0 Å². The number of rotatable bonds is 3. The van der Waals surface area contributed by atoms with Gasteiger partial charge in [-0.1, -0.05) is 23.2 Å². The van der Waals surface area contributed by atoms with Crippen LogP contribution in [0.25, 0.3) is 11.4 Å². The van der Waals surface area contributed by atoms with Crippen molar-refractivity contribution in [3.8, 4) is 17.1 Å². The smallest absolute Gasteiger partial charge is 0.255 e. The SMILES string of the molecule is O=c1[nH]c(-c2ccncc2)nc2c1CN(Cc1cc(Cl)cc(Cl)c1O)CC2. The molecule has 0 aliphatic carbocycles. The minimum atomic E-state index is -0.148. The van der Waals surface area contributed by atoms with Crippen LogP contribution >= 0.6 is 23.2 Å². The van der Waals surface area contributed by atoms with Gasteiger partial charge in [-0.3, -0.25) is 14.7 Å². The lowest BCUT2D eigenvalue weighted by Crippen LogP contribution is -2.35. The normalized spacial score (nSPS) is 14.1. The van der Waals surface area contributed by atoms with Crippen LogP contribution in [0.4, 0.5) is 0 Å². The van der Waals surface area contributed by atoms with Crippen molar-refractivity contribution in [3.05, 3.63) is 73.9 Å². The Morgan fingerprint density at radius 3 is 2.78 bits per heavy atom. The molecule has 1 aliphatic heterocycles. The number of pyridine rings is 1. The first-order valence-corrected chi connectivity index (χ1v) is 9.18. The van der Waals surface area contributed by atoms with Crippen molar-refractivity contribution in [3.63, 3.8) is 0 Å². The summed E-state index contributed by atoms with van der Waals surface area (Å²) in [6.07, 6.45) is 3.98. The molecular formula is C19H16Cl2N4O2. The van der Waals surface area contributed by atoms with Crippen LogP contribution < -0.4 is 5.56 Å². The van der Waals surface area contributed by atoms with E-state index in [1.54, 1.807) is 18.5 Å². The van der Waals surface area contributed by atoms with Crippen molar-refractivity contribution in [2.75, 3.05) is 6.54 Å². The van der Waals surface area contributed by atoms with Gasteiger partial charge in [0.2, 0.25) is 0 Å². The molecule has 2 aromatic heterocycles. The number of phenolic OH excluding ortho intramolecular Hbond substituents is 1. The van der Waals surface area contributed by atoms with Gasteiger partial charge in [-0.25, -0.2) is 4.98 Å². The van der Waals surface area contributed by atoms with E-state index in [1.165, 1.54) is 6.07 Å². The van der Waals surface area contributed by atoms with Crippen LogP contribution in [0.15, 0.2) is 41.5 Å². The van der Waals surface area contributed by atoms with Crippen LogP contribution in [0.3, 0.4) is 0 Å². The second-order valence-electron chi connectivity index (χ2n) is 6.43. The predicted octanol–water partition coefficient (Wildman–Crippen LogP) is 3.40. The Morgan fingerprint density at radius 2 is 2.00 bits per heavy atom. The molecule has 1 aliphatic rings. The molecule has 0 bridgehead atoms. The molecule has 8 heteroatoms. The van der Waals surface area contributed by atoms with E-state index >= 15 is 0 Å². The second kappa shape index (κ2) is 7.31. The number of nitrogens with one attached hydrogen (secondary N) is 1. The highest BCUT2D eigenvalue weighted by Gasteiger charge is 2.23. The van der Waals surface area contributed by atoms with Crippen LogP contribution in [-0.2, 0) is 19.5 Å². The topological polar surface area (TPSA) is 82.1 Å². The molecule has 3 aromatic rings. The van der Waals surface area contributed by atoms with Crippen molar-refractivity contribution < 1.29 is 5.11 Å². The highest BCUT2D eigenvalue weighted by Crippen LogP contribution is 2.32. The predicted molar refractivity (Wildman–Crippen MR) is 104 cm³/mol. The van der Waals surface area contributed by atoms with Crippen LogP contribution in [0.2, 0.25) is 10.0 Å². The molecule has 3 heterocycles. The highest BCUT2D eigenvalue weighted by molar-refractivity contribution is 6.35. The molecule has 4 rings (SSSR count). The maximum absolute atomic E-state index is 12.6. The van der Waals surface area contributed by atoms with E-state index in [2.05, 4.69) is 19.9 Å². The monoisotopic (exact) mass is 402 g/mol. The number of nitrogens with zero attached hydrogens (tertiary/aromatic N) is 3. The first-order chi connectivity index (χ1) is 13.0. The molecule has 1 aromatic carbocycles. The fourth-order valence-electron chi connectivity index (χ4n) is 3.24. The Hall–Kier alpha value is -2.41. The van der Waals surface area contributed by atoms with Crippen LogP contribution in [-0.4, -0.2) is 31.5 Å². The molecule has 6 nitrogen and oxygen atoms in total. The van der Waals surface area contributed by atoms with Gasteiger partial charge in [0, 0.05) is 54.6 Å². The Kier molecular flexibility index (Phi) is 4.86. The number of hydrogen-bond acceptors (Lipinski definition) is 5. The van der Waals surface area contributed by atoms with E-state index in [4.69, 9.17) is 23.2 Å². The van der Waals surface area contributed by atoms with Crippen molar-refractivity contribution in [2.45, 2.75) is 19.5 Å². The fraction of sp³-hybridized carbons (Fsp3) is 0.211. The van der Waals surface area contributed by atoms with Gasteiger partial charge in [-0.05, 0) is 24.3 Å². The van der Waals surface area contributed by atoms with E-state index in [-0.39, 0.29) is 16.3 Å². The molecule has 138 valence electrons. The lowest BCUT2D eigenvalue weighted by molar-refractivity contribution is 0.239. The standard InChI is InChI=1S/C19H16Cl2N4O2/c20-13-7-12(17(26)15(21)8-13)9-25-6-3-16-14(10-25)19(27)24-18(23-16)11-1-4-22-5-2-11/h1-2,4-5,7-8,26H,3,6,9-10H2,(H,23,24,27). The number of aromatic nitrogens is 3. The zero-order valence-corrected chi connectivity index (χ0v) is 15.8. The number of H-pyrrole nitrogens is 1. The molecule has 0 amide bonds. The number of aromatic amines is 1. The van der Waals surface area contributed by atoms with Gasteiger partial charge < -0.3 is 10.1 Å². The maximum Gasteiger partial charge on any atom is 0.255 e. The third-order valence-electron chi connectivity index (χ3n) is 4.60. The van der Waals surface area contributed by atoms with Gasteiger partial charge in [-0.15, -0.1) is 0 Å². The summed E-state index contributed by atoms with van der Waals surface area (Å²) in [5, 5.41) is 10.8. The van der Waals surface area contributed by atoms with Gasteiger partial charge in [0.05, 0.1) is 16.3 Å². The van der Waals surface area contributed by atoms with Gasteiger partial charge in [-0.2, -0.15) is 0 Å². The quantitative estimate of drug-likeness (QED) is 0.701. The minimum Gasteiger partial charge on any atom is -0.506 e. The molecule has 27 heavy (non-hydrogen) atoms. The summed E-state index contributed by atoms with van der Waals surface area (Å²) in [7, 11) is 0. The van der Waals surface area contributed by atoms with Crippen LogP contribution in [0.1, 0.15) is 16.8 Å². The molecule has 0 saturated carbocycles. The fourth-order valence-corrected chi connectivity index (χ4v) is 3.78. The highest BCUT2D eigenvalue weighted by atomic mass is 35.5. The van der Waals surface area contributed by atoms with E-state index < -0.39 is 0 Å². The summed E-state index contributed by atoms with van der Waals surface area (Å²) >= 11 is 12.0. The number of aromatic hydroxyl groups is 1. The molecule has 0 atom stereocenters. The maximum atomic E-state index is 12.6. The summed E-state index contributed by atoms with van der Waals surface area (Å²) < 4.78 is 0. The van der Waals surface area contributed by atoms with E-state index in [0.717, 1.165) is 11.3 Å². The molecule has 0 fully saturated rings. The van der Waals surface area contributed by atoms with Gasteiger partial charge in [0.15, 0.2) is 0 Å². The summed E-state index contributed by atoms with van der Waals surface area (Å²) in [6, 6.07) is 6.81. The summed E-state index contributed by atoms with van der Waals surface area (Å²) in [5.74, 6) is 0.570. The molecule has 2 N–H and O–H groups in total. The average Bonchev–Trinajstić information content (AvgIpc) is 2.67. The molecule has 0 spiro atoms. The summed E-state index contributed by atoms with van der Waals surface area (Å²) in [4.78, 5) is 26.1. The lowest BCUT2D eigenvalue weighted by Gasteiger charge is -2.28. The van der Waals surface area contributed by atoms with Gasteiger partial charge >= 0.3 is 0 Å². The Bertz CT molecular complexity index is 1050. The zero-order valence-electron chi connectivity index (χ0n) is 14.2. The Labute approximate surface area is 165 Å². The van der Waals surface area contributed by atoms with Crippen molar-refractivity contribution in [1.82, 2.24) is 19.9 Å². The van der Waals surface area contributed by atoms with Gasteiger partial charge in [0.25, 0.3) is 5.56 Å². The second-order valence-corrected chi connectivity index (χ2v) is 7.28. The van der Waals surface area contributed by atoms with E-state index in [9.17, 15) is 9.90 Å². The number of halogens is 2. The number of hydrogen-bond donors (Lipinski definition) is 2. The van der Waals surface area contributed by atoms with Gasteiger partial charge in [0.1, 0.15) is 11.6 Å². The first-order valence-electron chi connectivity index (χ1n) is 8.43. The third-order valence-corrected chi connectivity index (χ3v) is 5.11. The third kappa shape index (κ3) is 3.69. The summed E-state index contributed by atoms with van der Waals surface area (Å²) in [5.41, 5.74) is 2.76. The number of fused-ring (bicyclic) bond motifs is 1. The molecule has 0 radical (unpaired) electrons. The van der Waals surface area contributed by atoms with E-state index in [1.807, 2.05) is 12.1 Å². The van der Waals surface area contributed by atoms with Crippen LogP contribution in [0, 0.1) is 0 Å². The molecular weight excluding hydrogens is 387 g/mol. The Morgan fingerprint density at radius 1 is 1.22 bits per heavy atom. The van der Waals surface area contributed by atoms with Crippen molar-refractivity contribution in [1.29, 1.82) is 0 Å². The van der Waals surface area contributed by atoms with Crippen molar-refractivity contribution in [2.24, 2.45) is 0 Å². The van der Waals surface area contributed by atoms with Crippen molar-refractivity contribution >= 4 is 23.2 Å². The largest absolute Gasteiger partial charge is 0.506 e. The number of benzene rings is 1.